The summed E-state index contributed by atoms with van der Waals surface area (Å²) in [4.78, 5) is 14.6. The molecule has 1 aliphatic rings. The Morgan fingerprint density at radius 2 is 2.12 bits per heavy atom. The van der Waals surface area contributed by atoms with E-state index in [2.05, 4.69) is 11.4 Å². The highest BCUT2D eigenvalue weighted by atomic mass is 16.3. The highest BCUT2D eigenvalue weighted by molar-refractivity contribution is 5.86. The van der Waals surface area contributed by atoms with Crippen LogP contribution in [0.4, 0.5) is 0 Å². The number of amides is 1. The van der Waals surface area contributed by atoms with Crippen molar-refractivity contribution in [2.24, 2.45) is 0 Å². The van der Waals surface area contributed by atoms with Crippen molar-refractivity contribution >= 4 is 5.91 Å². The van der Waals surface area contributed by atoms with Crippen molar-refractivity contribution in [1.29, 1.82) is 0 Å². The lowest BCUT2D eigenvalue weighted by Crippen LogP contribution is -2.57. The van der Waals surface area contributed by atoms with Gasteiger partial charge in [0.25, 0.3) is 5.91 Å². The Kier molecular flexibility index (Phi) is 5.25. The van der Waals surface area contributed by atoms with Gasteiger partial charge in [-0.2, -0.15) is 0 Å². The van der Waals surface area contributed by atoms with Gasteiger partial charge in [-0.25, -0.2) is 0 Å². The first kappa shape index (κ1) is 17.7. The van der Waals surface area contributed by atoms with E-state index < -0.39 is 5.60 Å². The van der Waals surface area contributed by atoms with Crippen LogP contribution in [-0.2, 0) is 17.9 Å². The molecule has 1 unspecified atom stereocenters. The van der Waals surface area contributed by atoms with Crippen LogP contribution in [0.1, 0.15) is 35.5 Å². The number of likely N-dealkylation sites (tertiary alicyclic amines) is 1. The van der Waals surface area contributed by atoms with Crippen molar-refractivity contribution in [2.45, 2.75) is 45.4 Å². The first-order chi connectivity index (χ1) is 12.0. The molecule has 1 amide bonds. The van der Waals surface area contributed by atoms with Gasteiger partial charge < -0.3 is 19.7 Å². The van der Waals surface area contributed by atoms with Crippen LogP contribution in [-0.4, -0.2) is 34.6 Å². The van der Waals surface area contributed by atoms with Crippen LogP contribution in [0.3, 0.4) is 0 Å². The van der Waals surface area contributed by atoms with Crippen molar-refractivity contribution in [3.8, 4) is 0 Å². The second-order valence-corrected chi connectivity index (χ2v) is 6.97. The van der Waals surface area contributed by atoms with E-state index in [-0.39, 0.29) is 12.5 Å². The van der Waals surface area contributed by atoms with Crippen LogP contribution in [0.2, 0.25) is 0 Å². The molecule has 5 heteroatoms. The fraction of sp³-hybridized carbons (Fsp3) is 0.450. The number of rotatable bonds is 6. The van der Waals surface area contributed by atoms with E-state index in [9.17, 15) is 9.90 Å². The topological polar surface area (TPSA) is 65.7 Å². The molecule has 1 aromatic carbocycles. The minimum atomic E-state index is -1.34. The second-order valence-electron chi connectivity index (χ2n) is 6.97. The number of nitrogens with zero attached hydrogens (tertiary/aromatic N) is 1. The van der Waals surface area contributed by atoms with E-state index >= 15 is 0 Å². The summed E-state index contributed by atoms with van der Waals surface area (Å²) in [7, 11) is 0. The second kappa shape index (κ2) is 7.42. The minimum Gasteiger partial charge on any atom is -0.465 e. The quantitative estimate of drug-likeness (QED) is 0.847. The Balaban J connectivity index is 1.59. The molecular formula is C20H26N2O3. The van der Waals surface area contributed by atoms with Crippen molar-refractivity contribution in [2.75, 3.05) is 13.1 Å². The van der Waals surface area contributed by atoms with E-state index in [1.807, 2.05) is 44.2 Å². The average molecular weight is 342 g/mol. The summed E-state index contributed by atoms with van der Waals surface area (Å²) < 4.78 is 5.50. The number of aliphatic hydroxyl groups is 1. The van der Waals surface area contributed by atoms with Crippen LogP contribution in [0.5, 0.6) is 0 Å². The first-order valence-corrected chi connectivity index (χ1v) is 8.80. The van der Waals surface area contributed by atoms with E-state index in [4.69, 9.17) is 4.42 Å². The maximum absolute atomic E-state index is 12.8. The molecule has 1 saturated heterocycles. The number of aryl methyl sites for hydroxylation is 2. The van der Waals surface area contributed by atoms with Gasteiger partial charge in [0.15, 0.2) is 5.60 Å². The standard InChI is InChI=1S/C20H26N2O3/c1-15-5-3-6-17(11-15)13-22-10-4-9-20(24,19(22)23)14-21-12-18-8-7-16(2)25-18/h3,5-8,11,21,24H,4,9-10,12-14H2,1-2H3. The lowest BCUT2D eigenvalue weighted by molar-refractivity contribution is -0.157. The summed E-state index contributed by atoms with van der Waals surface area (Å²) in [5.74, 6) is 1.47. The minimum absolute atomic E-state index is 0.191. The molecular weight excluding hydrogens is 316 g/mol. The summed E-state index contributed by atoms with van der Waals surface area (Å²) in [6.07, 6.45) is 1.29. The van der Waals surface area contributed by atoms with Crippen LogP contribution < -0.4 is 5.32 Å². The third-order valence-electron chi connectivity index (χ3n) is 4.67. The third kappa shape index (κ3) is 4.30. The highest BCUT2D eigenvalue weighted by Gasteiger charge is 2.41. The fourth-order valence-electron chi connectivity index (χ4n) is 3.38. The van der Waals surface area contributed by atoms with E-state index in [1.165, 1.54) is 5.56 Å². The molecule has 0 bridgehead atoms. The molecule has 3 rings (SSSR count). The summed E-state index contributed by atoms with van der Waals surface area (Å²) in [5, 5.41) is 14.0. The summed E-state index contributed by atoms with van der Waals surface area (Å²) in [6.45, 7) is 5.90. The number of nitrogens with one attached hydrogen (secondary N) is 1. The van der Waals surface area contributed by atoms with Gasteiger partial charge in [-0.15, -0.1) is 0 Å². The molecule has 1 atom stereocenters. The average Bonchev–Trinajstić information content (AvgIpc) is 2.98. The van der Waals surface area contributed by atoms with Crippen molar-refractivity contribution in [3.63, 3.8) is 0 Å². The van der Waals surface area contributed by atoms with Gasteiger partial charge >= 0.3 is 0 Å². The molecule has 0 spiro atoms. The van der Waals surface area contributed by atoms with E-state index in [0.29, 0.717) is 26.1 Å². The predicted molar refractivity (Wildman–Crippen MR) is 95.9 cm³/mol. The Morgan fingerprint density at radius 3 is 2.84 bits per heavy atom. The fourth-order valence-corrected chi connectivity index (χ4v) is 3.38. The molecule has 5 nitrogen and oxygen atoms in total. The number of piperidine rings is 1. The number of hydrogen-bond donors (Lipinski definition) is 2. The van der Waals surface area contributed by atoms with Gasteiger partial charge in [0.1, 0.15) is 11.5 Å². The van der Waals surface area contributed by atoms with Crippen molar-refractivity contribution < 1.29 is 14.3 Å². The Labute approximate surface area is 148 Å². The van der Waals surface area contributed by atoms with E-state index in [1.54, 1.807) is 4.90 Å². The molecule has 0 saturated carbocycles. The largest absolute Gasteiger partial charge is 0.465 e. The Hall–Kier alpha value is -2.11. The van der Waals surface area contributed by atoms with Gasteiger partial charge in [-0.1, -0.05) is 29.8 Å². The van der Waals surface area contributed by atoms with E-state index in [0.717, 1.165) is 23.5 Å². The lowest BCUT2D eigenvalue weighted by atomic mass is 9.91. The van der Waals surface area contributed by atoms with Crippen LogP contribution in [0, 0.1) is 13.8 Å². The zero-order valence-corrected chi connectivity index (χ0v) is 14.9. The number of carbonyl (C=O) groups is 1. The maximum atomic E-state index is 12.8. The summed E-state index contributed by atoms with van der Waals surface area (Å²) >= 11 is 0. The SMILES string of the molecule is Cc1cccc(CN2CCCC(O)(CNCc3ccc(C)o3)C2=O)c1. The first-order valence-electron chi connectivity index (χ1n) is 8.80. The molecule has 2 aromatic rings. The molecule has 134 valence electrons. The van der Waals surface area contributed by atoms with Crippen LogP contribution in [0.15, 0.2) is 40.8 Å². The number of furan rings is 1. The normalized spacial score (nSPS) is 20.9. The number of carbonyl (C=O) groups excluding carboxylic acids is 1. The Morgan fingerprint density at radius 1 is 1.28 bits per heavy atom. The maximum Gasteiger partial charge on any atom is 0.256 e. The van der Waals surface area contributed by atoms with Crippen LogP contribution >= 0.6 is 0 Å². The zero-order valence-electron chi connectivity index (χ0n) is 14.9. The Bertz CT molecular complexity index is 740. The third-order valence-corrected chi connectivity index (χ3v) is 4.67. The molecule has 1 fully saturated rings. The predicted octanol–water partition coefficient (Wildman–Crippen LogP) is 2.54. The van der Waals surface area contributed by atoms with Gasteiger partial charge in [0.05, 0.1) is 6.54 Å². The van der Waals surface area contributed by atoms with Crippen molar-refractivity contribution in [1.82, 2.24) is 10.2 Å². The zero-order chi connectivity index (χ0) is 17.9. The number of benzene rings is 1. The smallest absolute Gasteiger partial charge is 0.256 e. The lowest BCUT2D eigenvalue weighted by Gasteiger charge is -2.38. The summed E-state index contributed by atoms with van der Waals surface area (Å²) in [5.41, 5.74) is 0.924. The molecule has 25 heavy (non-hydrogen) atoms. The van der Waals surface area contributed by atoms with Gasteiger partial charge in [0, 0.05) is 19.6 Å². The molecule has 1 aromatic heterocycles. The van der Waals surface area contributed by atoms with Crippen LogP contribution in [0.25, 0.3) is 0 Å². The molecule has 2 N–H and O–H groups in total. The molecule has 0 radical (unpaired) electrons. The number of hydrogen-bond acceptors (Lipinski definition) is 4. The van der Waals surface area contributed by atoms with Gasteiger partial charge in [-0.05, 0) is 44.4 Å². The highest BCUT2D eigenvalue weighted by Crippen LogP contribution is 2.24. The monoisotopic (exact) mass is 342 g/mol. The van der Waals surface area contributed by atoms with Crippen molar-refractivity contribution in [3.05, 3.63) is 59.0 Å². The molecule has 1 aliphatic heterocycles. The summed E-state index contributed by atoms with van der Waals surface area (Å²) in [6, 6.07) is 11.9. The molecule has 0 aliphatic carbocycles. The molecule has 2 heterocycles. The van der Waals surface area contributed by atoms with Gasteiger partial charge in [-0.3, -0.25) is 4.79 Å². The van der Waals surface area contributed by atoms with Gasteiger partial charge in [0.2, 0.25) is 0 Å².